The summed E-state index contributed by atoms with van der Waals surface area (Å²) in [5.74, 6) is 0.430. The topological polar surface area (TPSA) is 115 Å². The SMILES string of the molecule is COC(=O)NC1CCC(c2ccc(-c3nc4cc(O[C@@H]5CO[C@H]6[C@@H]5OC[C@H]6O)[nH]c4cc3F)cc2)CC1. The minimum absolute atomic E-state index is 0.142. The molecule has 3 fully saturated rings. The van der Waals surface area contributed by atoms with Crippen molar-refractivity contribution in [1.82, 2.24) is 15.3 Å². The van der Waals surface area contributed by atoms with Crippen LogP contribution >= 0.6 is 0 Å². The highest BCUT2D eigenvalue weighted by Gasteiger charge is 2.48. The molecule has 6 rings (SSSR count). The lowest BCUT2D eigenvalue weighted by Gasteiger charge is -2.29. The molecule has 37 heavy (non-hydrogen) atoms. The Bertz CT molecular complexity index is 1270. The van der Waals surface area contributed by atoms with Crippen LogP contribution < -0.4 is 10.1 Å². The van der Waals surface area contributed by atoms with Crippen LogP contribution in [0.1, 0.15) is 37.2 Å². The largest absolute Gasteiger partial charge is 0.470 e. The van der Waals surface area contributed by atoms with Gasteiger partial charge < -0.3 is 34.4 Å². The van der Waals surface area contributed by atoms with Crippen LogP contribution in [0.2, 0.25) is 0 Å². The first-order valence-electron chi connectivity index (χ1n) is 12.7. The van der Waals surface area contributed by atoms with Crippen LogP contribution in [-0.2, 0) is 14.2 Å². The lowest BCUT2D eigenvalue weighted by Crippen LogP contribution is -2.37. The van der Waals surface area contributed by atoms with Gasteiger partial charge in [-0.15, -0.1) is 0 Å². The van der Waals surface area contributed by atoms with Gasteiger partial charge >= 0.3 is 6.09 Å². The van der Waals surface area contributed by atoms with E-state index < -0.39 is 11.9 Å². The molecule has 3 aromatic rings. The number of ether oxygens (including phenoxy) is 4. The number of H-pyrrole nitrogens is 1. The average molecular weight is 512 g/mol. The molecular formula is C27H30FN3O6. The van der Waals surface area contributed by atoms with Gasteiger partial charge in [-0.05, 0) is 37.2 Å². The molecule has 3 aliphatic rings. The molecule has 1 aliphatic carbocycles. The number of carbonyl (C=O) groups excluding carboxylic acids is 1. The molecule has 0 unspecified atom stereocenters. The number of alkyl carbamates (subject to hydrolysis) is 1. The standard InChI is InChI=1S/C27H30FN3O6/c1-34-27(33)29-17-8-6-15(7-9-17)14-2-4-16(5-3-14)24-18(28)10-19-20(31-24)11-23(30-19)37-22-13-36-25-21(32)12-35-26(22)25/h2-5,10-11,15,17,21-22,25-26,30,32H,6-9,12-13H2,1H3,(H,29,33)/t15?,17?,21-,22-,25-,26-/m1/s1. The first-order chi connectivity index (χ1) is 18.0. The smallest absolute Gasteiger partial charge is 0.407 e. The summed E-state index contributed by atoms with van der Waals surface area (Å²) in [7, 11) is 1.37. The predicted octanol–water partition coefficient (Wildman–Crippen LogP) is 3.66. The summed E-state index contributed by atoms with van der Waals surface area (Å²) in [6.45, 7) is 0.537. The Morgan fingerprint density at radius 1 is 1.11 bits per heavy atom. The molecule has 0 radical (unpaired) electrons. The highest BCUT2D eigenvalue weighted by atomic mass is 19.1. The molecule has 2 saturated heterocycles. The molecule has 3 N–H and O–H groups in total. The van der Waals surface area contributed by atoms with Crippen molar-refractivity contribution >= 4 is 17.1 Å². The molecule has 4 heterocycles. The summed E-state index contributed by atoms with van der Waals surface area (Å²) in [5.41, 5.74) is 3.31. The Morgan fingerprint density at radius 2 is 1.86 bits per heavy atom. The molecule has 0 bridgehead atoms. The Morgan fingerprint density at radius 3 is 2.62 bits per heavy atom. The van der Waals surface area contributed by atoms with E-state index in [0.717, 1.165) is 25.7 Å². The van der Waals surface area contributed by atoms with Gasteiger partial charge in [0, 0.05) is 23.7 Å². The van der Waals surface area contributed by atoms with Crippen molar-refractivity contribution in [3.05, 3.63) is 47.8 Å². The number of aromatic amines is 1. The lowest BCUT2D eigenvalue weighted by molar-refractivity contribution is 0.00794. The van der Waals surface area contributed by atoms with Crippen LogP contribution in [0.5, 0.6) is 5.88 Å². The first kappa shape index (κ1) is 24.1. The average Bonchev–Trinajstić information content (AvgIpc) is 3.60. The third-order valence-corrected chi connectivity index (χ3v) is 7.68. The number of pyridine rings is 1. The van der Waals surface area contributed by atoms with Crippen molar-refractivity contribution in [1.29, 1.82) is 0 Å². The Hall–Kier alpha value is -3.21. The molecule has 10 heteroatoms. The molecule has 2 aliphatic heterocycles. The molecule has 1 amide bonds. The third-order valence-electron chi connectivity index (χ3n) is 7.68. The number of amides is 1. The number of rotatable bonds is 5. The number of aromatic nitrogens is 2. The van der Waals surface area contributed by atoms with Crippen LogP contribution in [-0.4, -0.2) is 71.9 Å². The van der Waals surface area contributed by atoms with Gasteiger partial charge in [-0.1, -0.05) is 24.3 Å². The quantitative estimate of drug-likeness (QED) is 0.479. The molecule has 1 aromatic carbocycles. The Balaban J connectivity index is 1.14. The summed E-state index contributed by atoms with van der Waals surface area (Å²) in [6.07, 6.45) is 1.62. The molecule has 0 spiro atoms. The highest BCUT2D eigenvalue weighted by Crippen LogP contribution is 2.35. The van der Waals surface area contributed by atoms with E-state index in [4.69, 9.17) is 18.9 Å². The number of aliphatic hydroxyl groups is 1. The molecule has 196 valence electrons. The molecular weight excluding hydrogens is 481 g/mol. The fraction of sp³-hybridized carbons (Fsp3) is 0.481. The van der Waals surface area contributed by atoms with Gasteiger partial charge in [-0.25, -0.2) is 14.2 Å². The second-order valence-electron chi connectivity index (χ2n) is 10.0. The van der Waals surface area contributed by atoms with E-state index >= 15 is 4.39 Å². The van der Waals surface area contributed by atoms with Crippen LogP contribution in [0, 0.1) is 5.82 Å². The zero-order valence-corrected chi connectivity index (χ0v) is 20.5. The van der Waals surface area contributed by atoms with E-state index in [1.165, 1.54) is 18.7 Å². The predicted molar refractivity (Wildman–Crippen MR) is 132 cm³/mol. The number of halogens is 1. The number of hydrogen-bond donors (Lipinski definition) is 3. The van der Waals surface area contributed by atoms with Crippen molar-refractivity contribution in [2.24, 2.45) is 0 Å². The van der Waals surface area contributed by atoms with Crippen LogP contribution in [0.4, 0.5) is 9.18 Å². The number of benzene rings is 1. The van der Waals surface area contributed by atoms with E-state index in [2.05, 4.69) is 15.3 Å². The second-order valence-corrected chi connectivity index (χ2v) is 10.0. The number of hydrogen-bond acceptors (Lipinski definition) is 7. The van der Waals surface area contributed by atoms with E-state index in [1.54, 1.807) is 6.07 Å². The molecule has 1 saturated carbocycles. The number of nitrogens with one attached hydrogen (secondary N) is 2. The van der Waals surface area contributed by atoms with Crippen LogP contribution in [0.25, 0.3) is 22.3 Å². The van der Waals surface area contributed by atoms with Gasteiger partial charge in [0.2, 0.25) is 0 Å². The normalized spacial score (nSPS) is 29.3. The maximum Gasteiger partial charge on any atom is 0.407 e. The number of nitrogens with zero attached hydrogens (tertiary/aromatic N) is 1. The van der Waals surface area contributed by atoms with Crippen molar-refractivity contribution in [3.63, 3.8) is 0 Å². The third kappa shape index (κ3) is 4.76. The maximum absolute atomic E-state index is 15.0. The fourth-order valence-electron chi connectivity index (χ4n) is 5.69. The van der Waals surface area contributed by atoms with Gasteiger partial charge in [0.25, 0.3) is 0 Å². The van der Waals surface area contributed by atoms with E-state index in [9.17, 15) is 9.90 Å². The summed E-state index contributed by atoms with van der Waals surface area (Å²) in [6, 6.07) is 11.2. The van der Waals surface area contributed by atoms with Gasteiger partial charge in [0.15, 0.2) is 17.8 Å². The van der Waals surface area contributed by atoms with E-state index in [0.29, 0.717) is 35.0 Å². The minimum Gasteiger partial charge on any atom is -0.470 e. The highest BCUT2D eigenvalue weighted by molar-refractivity contribution is 5.81. The molecule has 4 atom stereocenters. The van der Waals surface area contributed by atoms with E-state index in [1.807, 2.05) is 24.3 Å². The number of carbonyl (C=O) groups is 1. The van der Waals surface area contributed by atoms with Gasteiger partial charge in [-0.2, -0.15) is 0 Å². The molecule has 2 aromatic heterocycles. The summed E-state index contributed by atoms with van der Waals surface area (Å²) >= 11 is 0. The zero-order valence-electron chi connectivity index (χ0n) is 20.5. The Labute approximate surface area is 213 Å². The summed E-state index contributed by atoms with van der Waals surface area (Å²) in [4.78, 5) is 19.1. The van der Waals surface area contributed by atoms with Gasteiger partial charge in [-0.3, -0.25) is 0 Å². The van der Waals surface area contributed by atoms with Crippen molar-refractivity contribution in [2.75, 3.05) is 20.3 Å². The van der Waals surface area contributed by atoms with Crippen molar-refractivity contribution in [3.8, 4) is 17.1 Å². The van der Waals surface area contributed by atoms with Crippen molar-refractivity contribution in [2.45, 2.75) is 62.1 Å². The van der Waals surface area contributed by atoms with Crippen LogP contribution in [0.15, 0.2) is 36.4 Å². The van der Waals surface area contributed by atoms with E-state index in [-0.39, 0.29) is 42.7 Å². The van der Waals surface area contributed by atoms with Crippen LogP contribution in [0.3, 0.4) is 0 Å². The number of aliphatic hydroxyl groups excluding tert-OH is 1. The monoisotopic (exact) mass is 511 g/mol. The Kier molecular flexibility index (Phi) is 6.48. The maximum atomic E-state index is 15.0. The van der Waals surface area contributed by atoms with Crippen molar-refractivity contribution < 1.29 is 33.2 Å². The second kappa shape index (κ2) is 9.92. The minimum atomic E-state index is -0.648. The fourth-order valence-corrected chi connectivity index (χ4v) is 5.69. The molecule has 9 nitrogen and oxygen atoms in total. The number of methoxy groups -OCH3 is 1. The summed E-state index contributed by atoms with van der Waals surface area (Å²) in [5, 5.41) is 12.8. The lowest BCUT2D eigenvalue weighted by atomic mass is 9.81. The van der Waals surface area contributed by atoms with Gasteiger partial charge in [0.1, 0.15) is 24.0 Å². The number of fused-ring (bicyclic) bond motifs is 2. The first-order valence-corrected chi connectivity index (χ1v) is 12.7. The summed E-state index contributed by atoms with van der Waals surface area (Å²) < 4.78 is 37.0. The van der Waals surface area contributed by atoms with Gasteiger partial charge in [0.05, 0.1) is 31.4 Å². The zero-order chi connectivity index (χ0) is 25.5.